The van der Waals surface area contributed by atoms with E-state index in [1.807, 2.05) is 6.92 Å². The standard InChI is InChI=1S/C25H29FN6O2.ClH/c1-2-3-10-18(22(28)33)32-23(16-8-7-9-17(26)15-16)31-20-21(27)29-19(30-24(20)32)11-14-25(34)12-5-4-6-13-25;/h7-9,15,18,34H,2-6,10,12-13H2,1H3,(H2,28,33)(H2,27,29,30);1H. The number of hydrogen-bond donors (Lipinski definition) is 3. The van der Waals surface area contributed by atoms with Crippen LogP contribution in [0, 0.1) is 17.7 Å². The SMILES string of the molecule is CCCCC(C(N)=O)n1c(-c2cccc(F)c2)nc2c(N)nc(C#CC3(O)CCCCC3)nc21.Cl. The average Bonchev–Trinajstić information content (AvgIpc) is 3.18. The maximum Gasteiger partial charge on any atom is 0.240 e. The van der Waals surface area contributed by atoms with Gasteiger partial charge < -0.3 is 16.6 Å². The molecular weight excluding hydrogens is 471 g/mol. The zero-order valence-corrected chi connectivity index (χ0v) is 20.4. The lowest BCUT2D eigenvalue weighted by atomic mass is 9.85. The van der Waals surface area contributed by atoms with E-state index in [1.165, 1.54) is 12.1 Å². The number of carbonyl (C=O) groups is 1. The van der Waals surface area contributed by atoms with Gasteiger partial charge in [0, 0.05) is 5.56 Å². The largest absolute Gasteiger partial charge is 0.382 e. The fourth-order valence-corrected chi connectivity index (χ4v) is 4.41. The summed E-state index contributed by atoms with van der Waals surface area (Å²) in [6.07, 6.45) is 6.16. The van der Waals surface area contributed by atoms with Gasteiger partial charge in [0.05, 0.1) is 0 Å². The highest BCUT2D eigenvalue weighted by atomic mass is 35.5. The van der Waals surface area contributed by atoms with Crippen molar-refractivity contribution in [3.8, 4) is 23.2 Å². The minimum atomic E-state index is -1.07. The van der Waals surface area contributed by atoms with E-state index in [9.17, 15) is 14.3 Å². The number of nitrogens with two attached hydrogens (primary N) is 2. The highest BCUT2D eigenvalue weighted by Gasteiger charge is 2.28. The fourth-order valence-electron chi connectivity index (χ4n) is 4.41. The predicted molar refractivity (Wildman–Crippen MR) is 135 cm³/mol. The number of nitrogens with zero attached hydrogens (tertiary/aromatic N) is 4. The first-order valence-electron chi connectivity index (χ1n) is 11.7. The Bertz CT molecular complexity index is 1280. The van der Waals surface area contributed by atoms with E-state index < -0.39 is 23.4 Å². The molecule has 1 amide bonds. The van der Waals surface area contributed by atoms with Gasteiger partial charge in [-0.15, -0.1) is 12.4 Å². The molecule has 8 nitrogen and oxygen atoms in total. The first-order valence-corrected chi connectivity index (χ1v) is 11.7. The number of imidazole rings is 1. The third-order valence-corrected chi connectivity index (χ3v) is 6.21. The maximum absolute atomic E-state index is 14.0. The van der Waals surface area contributed by atoms with Gasteiger partial charge >= 0.3 is 0 Å². The second kappa shape index (κ2) is 11.0. The molecule has 186 valence electrons. The molecule has 0 spiro atoms. The molecule has 1 aliphatic carbocycles. The summed E-state index contributed by atoms with van der Waals surface area (Å²) in [4.78, 5) is 25.9. The Hall–Kier alpha value is -3.22. The summed E-state index contributed by atoms with van der Waals surface area (Å²) < 4.78 is 15.6. The molecule has 35 heavy (non-hydrogen) atoms. The lowest BCUT2D eigenvalue weighted by Gasteiger charge is -2.26. The molecule has 10 heteroatoms. The molecule has 0 bridgehead atoms. The van der Waals surface area contributed by atoms with E-state index >= 15 is 0 Å². The molecule has 2 aromatic heterocycles. The molecule has 0 radical (unpaired) electrons. The fraction of sp³-hybridized carbons (Fsp3) is 0.440. The molecule has 0 aliphatic heterocycles. The molecule has 1 unspecified atom stereocenters. The molecule has 1 atom stereocenters. The van der Waals surface area contributed by atoms with Crippen molar-refractivity contribution < 1.29 is 14.3 Å². The van der Waals surface area contributed by atoms with Gasteiger partial charge in [-0.3, -0.25) is 9.36 Å². The van der Waals surface area contributed by atoms with Crippen LogP contribution in [0.5, 0.6) is 0 Å². The molecule has 0 saturated heterocycles. The molecule has 1 saturated carbocycles. The van der Waals surface area contributed by atoms with Gasteiger partial charge in [-0.1, -0.05) is 44.2 Å². The molecule has 1 aromatic carbocycles. The lowest BCUT2D eigenvalue weighted by molar-refractivity contribution is -0.121. The van der Waals surface area contributed by atoms with Gasteiger partial charge in [-0.05, 0) is 50.2 Å². The lowest BCUT2D eigenvalue weighted by Crippen LogP contribution is -2.29. The van der Waals surface area contributed by atoms with Crippen LogP contribution in [0.3, 0.4) is 0 Å². The highest BCUT2D eigenvalue weighted by Crippen LogP contribution is 2.32. The van der Waals surface area contributed by atoms with Crippen LogP contribution in [0.25, 0.3) is 22.6 Å². The van der Waals surface area contributed by atoms with Crippen LogP contribution in [-0.4, -0.2) is 36.1 Å². The number of anilines is 1. The van der Waals surface area contributed by atoms with Crippen molar-refractivity contribution in [2.24, 2.45) is 5.73 Å². The number of primary amides is 1. The van der Waals surface area contributed by atoms with Crippen molar-refractivity contribution in [3.05, 3.63) is 35.9 Å². The van der Waals surface area contributed by atoms with Crippen molar-refractivity contribution >= 4 is 35.3 Å². The van der Waals surface area contributed by atoms with Crippen molar-refractivity contribution in [3.63, 3.8) is 0 Å². The zero-order valence-electron chi connectivity index (χ0n) is 19.6. The monoisotopic (exact) mass is 500 g/mol. The molecular formula is C25H30ClFN6O2. The maximum atomic E-state index is 14.0. The number of fused-ring (bicyclic) bond motifs is 1. The quantitative estimate of drug-likeness (QED) is 0.439. The van der Waals surface area contributed by atoms with Gasteiger partial charge in [-0.25, -0.2) is 19.3 Å². The zero-order chi connectivity index (χ0) is 24.3. The summed E-state index contributed by atoms with van der Waals surface area (Å²) in [5.41, 5.74) is 12.0. The molecule has 4 rings (SSSR count). The van der Waals surface area contributed by atoms with E-state index in [0.29, 0.717) is 36.3 Å². The van der Waals surface area contributed by atoms with Gasteiger partial charge in [0.15, 0.2) is 17.0 Å². The van der Waals surface area contributed by atoms with Gasteiger partial charge in [0.25, 0.3) is 0 Å². The molecule has 5 N–H and O–H groups in total. The number of aromatic nitrogens is 4. The van der Waals surface area contributed by atoms with Gasteiger partial charge in [-0.2, -0.15) is 0 Å². The molecule has 1 fully saturated rings. The Kier molecular flexibility index (Phi) is 8.30. The Morgan fingerprint density at radius 3 is 2.66 bits per heavy atom. The van der Waals surface area contributed by atoms with E-state index in [1.54, 1.807) is 16.7 Å². The van der Waals surface area contributed by atoms with Crippen molar-refractivity contribution in [2.75, 3.05) is 5.73 Å². The topological polar surface area (TPSA) is 133 Å². The smallest absolute Gasteiger partial charge is 0.240 e. The Morgan fingerprint density at radius 2 is 2.00 bits per heavy atom. The number of hydrogen-bond acceptors (Lipinski definition) is 6. The van der Waals surface area contributed by atoms with Crippen LogP contribution in [0.2, 0.25) is 0 Å². The second-order valence-corrected chi connectivity index (χ2v) is 8.82. The van der Waals surface area contributed by atoms with Crippen LogP contribution in [0.4, 0.5) is 10.2 Å². The number of rotatable bonds is 6. The summed E-state index contributed by atoms with van der Waals surface area (Å²) >= 11 is 0. The number of aliphatic hydroxyl groups is 1. The van der Waals surface area contributed by atoms with Crippen LogP contribution in [0.1, 0.15) is 70.2 Å². The minimum absolute atomic E-state index is 0. The summed E-state index contributed by atoms with van der Waals surface area (Å²) in [5, 5.41) is 10.7. The van der Waals surface area contributed by atoms with Crippen LogP contribution >= 0.6 is 12.4 Å². The van der Waals surface area contributed by atoms with E-state index in [4.69, 9.17) is 11.5 Å². The first kappa shape index (κ1) is 26.4. The summed E-state index contributed by atoms with van der Waals surface area (Å²) in [6.45, 7) is 2.02. The molecule has 1 aliphatic rings. The third kappa shape index (κ3) is 5.72. The molecule has 2 heterocycles. The number of carbonyl (C=O) groups excluding carboxylic acids is 1. The Balaban J connectivity index is 0.00000342. The second-order valence-electron chi connectivity index (χ2n) is 8.82. The number of halogens is 2. The van der Waals surface area contributed by atoms with Gasteiger partial charge in [0.2, 0.25) is 11.7 Å². The Labute approximate surface area is 209 Å². The van der Waals surface area contributed by atoms with E-state index in [-0.39, 0.29) is 29.6 Å². The molecule has 3 aromatic rings. The highest BCUT2D eigenvalue weighted by molar-refractivity contribution is 5.89. The minimum Gasteiger partial charge on any atom is -0.382 e. The Morgan fingerprint density at radius 1 is 1.26 bits per heavy atom. The van der Waals surface area contributed by atoms with Crippen LogP contribution < -0.4 is 11.5 Å². The number of unbranched alkanes of at least 4 members (excludes halogenated alkanes) is 1. The summed E-state index contributed by atoms with van der Waals surface area (Å²) in [5.74, 6) is 5.32. The van der Waals surface area contributed by atoms with E-state index in [0.717, 1.165) is 32.1 Å². The first-order chi connectivity index (χ1) is 16.3. The predicted octanol–water partition coefficient (Wildman–Crippen LogP) is 3.90. The summed E-state index contributed by atoms with van der Waals surface area (Å²) in [7, 11) is 0. The number of amides is 1. The third-order valence-electron chi connectivity index (χ3n) is 6.21. The average molecular weight is 501 g/mol. The van der Waals surface area contributed by atoms with Crippen molar-refractivity contribution in [1.82, 2.24) is 19.5 Å². The van der Waals surface area contributed by atoms with Crippen LogP contribution in [-0.2, 0) is 4.79 Å². The number of nitrogen functional groups attached to an aromatic ring is 1. The number of benzene rings is 1. The van der Waals surface area contributed by atoms with Crippen LogP contribution in [0.15, 0.2) is 24.3 Å². The summed E-state index contributed by atoms with van der Waals surface area (Å²) in [6, 6.07) is 5.16. The van der Waals surface area contributed by atoms with Crippen molar-refractivity contribution in [1.29, 1.82) is 0 Å². The van der Waals surface area contributed by atoms with E-state index in [2.05, 4.69) is 26.8 Å². The van der Waals surface area contributed by atoms with Crippen molar-refractivity contribution in [2.45, 2.75) is 69.9 Å². The van der Waals surface area contributed by atoms with Gasteiger partial charge in [0.1, 0.15) is 23.3 Å². The normalized spacial score (nSPS) is 15.6.